The predicted octanol–water partition coefficient (Wildman–Crippen LogP) is -1.82. The maximum absolute atomic E-state index is 8.85. The molecule has 14 heteroatoms. The minimum Gasteiger partial charge on any atom is 2.00 e. The van der Waals surface area contributed by atoms with Crippen LogP contribution in [0.3, 0.4) is 0 Å². The first-order valence-electron chi connectivity index (χ1n) is 1.71. The van der Waals surface area contributed by atoms with Gasteiger partial charge in [-0.3, -0.25) is 0 Å². The molecule has 0 aromatic carbocycles. The Morgan fingerprint density at radius 1 is 0.929 bits per heavy atom. The van der Waals surface area contributed by atoms with Crippen LogP contribution >= 0.6 is 20.4 Å². The van der Waals surface area contributed by atoms with E-state index < -0.39 is 20.6 Å². The van der Waals surface area contributed by atoms with E-state index >= 15 is 0 Å². The van der Waals surface area contributed by atoms with Crippen molar-refractivity contribution in [1.29, 1.82) is 0 Å². The van der Waals surface area contributed by atoms with Crippen LogP contribution < -0.4 is 10.3 Å². The summed E-state index contributed by atoms with van der Waals surface area (Å²) in [6.45, 7) is 0. The fourth-order valence-corrected chi connectivity index (χ4v) is 0. The summed E-state index contributed by atoms with van der Waals surface area (Å²) in [5.74, 6) is 0. The van der Waals surface area contributed by atoms with Crippen molar-refractivity contribution in [3.8, 4) is 0 Å². The summed E-state index contributed by atoms with van der Waals surface area (Å²) in [4.78, 5) is 0. The van der Waals surface area contributed by atoms with Crippen LogP contribution in [-0.2, 0) is 49.8 Å². The van der Waals surface area contributed by atoms with E-state index in [-0.39, 0.29) is 16.5 Å². The second-order valence-electron chi connectivity index (χ2n) is 1.03. The van der Waals surface area contributed by atoms with Crippen LogP contribution in [0.4, 0.5) is 0 Å². The Morgan fingerprint density at radius 2 is 0.929 bits per heavy atom. The van der Waals surface area contributed by atoms with Crippen LogP contribution in [0.25, 0.3) is 0 Å². The van der Waals surface area contributed by atoms with E-state index in [9.17, 15) is 0 Å². The molecule has 0 heterocycles. The van der Waals surface area contributed by atoms with Gasteiger partial charge in [-0.2, -0.15) is 0 Å². The first-order chi connectivity index (χ1) is 5.41. The standard InChI is InChI=1S/2ClH.2H3NO3S.2Ni/c;;2*1-5(2,3)4;;/h2*1H;2*(H3,1,2,3,4);;/q;;;;2*+2/p-4. The van der Waals surface area contributed by atoms with Crippen LogP contribution in [-0.4, -0.2) is 25.9 Å². The van der Waals surface area contributed by atoms with Gasteiger partial charge in [-0.25, -0.2) is 27.1 Å². The van der Waals surface area contributed by atoms with Crippen LogP contribution in [0.5, 0.6) is 0 Å². The summed E-state index contributed by atoms with van der Waals surface area (Å²) in [5.41, 5.74) is 0. The Balaban J connectivity index is -0.0000000535. The summed E-state index contributed by atoms with van der Waals surface area (Å²) >= 11 is 0.569. The molecular weight excluding hydrogens is 376 g/mol. The molecule has 4 N–H and O–H groups in total. The normalized spacial score (nSPS) is 9.86. The zero-order chi connectivity index (χ0) is 11.7. The van der Waals surface area contributed by atoms with Gasteiger partial charge in [0, 0.05) is 0 Å². The van der Waals surface area contributed by atoms with Gasteiger partial charge >= 0.3 is 49.5 Å². The van der Waals surface area contributed by atoms with Crippen molar-refractivity contribution in [2.45, 2.75) is 0 Å². The van der Waals surface area contributed by atoms with E-state index in [2.05, 4.69) is 10.3 Å². The second-order valence-corrected chi connectivity index (χ2v) is 4.63. The van der Waals surface area contributed by atoms with Crippen molar-refractivity contribution in [2.24, 2.45) is 10.3 Å². The minimum absolute atomic E-state index is 0. The van der Waals surface area contributed by atoms with E-state index in [0.29, 0.717) is 12.7 Å². The van der Waals surface area contributed by atoms with Crippen molar-refractivity contribution in [1.82, 2.24) is 0 Å². The third-order valence-corrected chi connectivity index (χ3v) is 0. The Hall–Kier alpha value is 1.31. The quantitative estimate of drug-likeness (QED) is 0.371. The Morgan fingerprint density at radius 3 is 0.929 bits per heavy atom. The van der Waals surface area contributed by atoms with Crippen molar-refractivity contribution in [3.63, 3.8) is 0 Å². The van der Waals surface area contributed by atoms with Gasteiger partial charge in [0.2, 0.25) is 0 Å². The summed E-state index contributed by atoms with van der Waals surface area (Å²) < 4.78 is 53.1. The number of halogens is 2. The first kappa shape index (κ1) is 24.5. The second kappa shape index (κ2) is 12.4. The predicted molar refractivity (Wildman–Crippen MR) is 39.5 cm³/mol. The molecule has 0 aromatic heterocycles. The summed E-state index contributed by atoms with van der Waals surface area (Å²) in [5, 5.41) is 7.54. The zero-order valence-electron chi connectivity index (χ0n) is 5.81. The molecule has 0 aliphatic rings. The summed E-state index contributed by atoms with van der Waals surface area (Å²) in [6, 6.07) is 0. The molecule has 0 spiro atoms. The molecular formula is H4Cl2N2Ni2O6S2. The third kappa shape index (κ3) is 1180. The van der Waals surface area contributed by atoms with E-state index in [1.165, 1.54) is 0 Å². The fourth-order valence-electron chi connectivity index (χ4n) is 0. The molecule has 0 saturated heterocycles. The maximum Gasteiger partial charge on any atom is 2.00 e. The maximum atomic E-state index is 8.85. The van der Waals surface area contributed by atoms with Gasteiger partial charge in [0.05, 0.1) is 0 Å². The summed E-state index contributed by atoms with van der Waals surface area (Å²) in [7, 11) is 0.569. The van der Waals surface area contributed by atoms with Crippen LogP contribution in [0, 0.1) is 0 Å². The monoisotopic (exact) mass is 378 g/mol. The first-order valence-corrected chi connectivity index (χ1v) is 7.37. The number of nitrogens with two attached hydrogens (primary N) is 2. The number of hydrogen-bond donors (Lipinski definition) is 2. The molecule has 14 heavy (non-hydrogen) atoms. The molecule has 0 rings (SSSR count). The van der Waals surface area contributed by atoms with E-state index in [1.807, 2.05) is 0 Å². The largest absolute Gasteiger partial charge is 2.00 e. The summed E-state index contributed by atoms with van der Waals surface area (Å²) in [6.07, 6.45) is 0. The fraction of sp³-hybridized carbons (Fsp3) is 0. The average Bonchev–Trinajstić information content (AvgIpc) is 1.52. The van der Waals surface area contributed by atoms with E-state index in [4.69, 9.17) is 46.3 Å². The molecule has 0 saturated carbocycles. The molecule has 8 nitrogen and oxygen atoms in total. The van der Waals surface area contributed by atoms with Gasteiger partial charge in [-0.05, 0) is 0 Å². The van der Waals surface area contributed by atoms with Gasteiger partial charge in [0.1, 0.15) is 0 Å². The van der Waals surface area contributed by atoms with Gasteiger partial charge in [0.25, 0.3) is 0 Å². The molecule has 0 radical (unpaired) electrons. The molecule has 0 amide bonds. The smallest absolute Gasteiger partial charge is 2.00 e. The molecule has 0 unspecified atom stereocenters. The molecule has 0 bridgehead atoms. The molecule has 0 aliphatic carbocycles. The Kier molecular flexibility index (Phi) is 21.7. The van der Waals surface area contributed by atoms with Crippen molar-refractivity contribution in [2.75, 3.05) is 0 Å². The Labute approximate surface area is 106 Å². The van der Waals surface area contributed by atoms with Gasteiger partial charge in [0.15, 0.2) is 20.6 Å². The van der Waals surface area contributed by atoms with Crippen LogP contribution in [0.2, 0.25) is 0 Å². The number of hydrogen-bond acceptors (Lipinski definition) is 6. The van der Waals surface area contributed by atoms with E-state index in [1.54, 1.807) is 0 Å². The number of rotatable bonds is 0. The van der Waals surface area contributed by atoms with Crippen molar-refractivity contribution < 1.29 is 55.1 Å². The third-order valence-electron chi connectivity index (χ3n) is 0. The SMILES string of the molecule is NS(=O)(=O)[O-].NS(=O)(=O)[O-].[Cl][Ni][Cl].[Ni+2]. The van der Waals surface area contributed by atoms with E-state index in [0.717, 1.165) is 0 Å². The molecule has 96 valence electrons. The Bertz CT molecular complexity index is 239. The topological polar surface area (TPSA) is 166 Å². The minimum atomic E-state index is -4.42. The van der Waals surface area contributed by atoms with Gasteiger partial charge in [-0.1, -0.05) is 0 Å². The van der Waals surface area contributed by atoms with Gasteiger partial charge in [-0.15, -0.1) is 0 Å². The molecule has 0 aliphatic heterocycles. The van der Waals surface area contributed by atoms with Crippen LogP contribution in [0.1, 0.15) is 0 Å². The van der Waals surface area contributed by atoms with Crippen LogP contribution in [0.15, 0.2) is 0 Å². The van der Waals surface area contributed by atoms with Gasteiger partial charge < -0.3 is 9.11 Å². The van der Waals surface area contributed by atoms with Crippen molar-refractivity contribution in [3.05, 3.63) is 0 Å². The van der Waals surface area contributed by atoms with Crippen molar-refractivity contribution >= 4 is 41.0 Å². The molecule has 0 fully saturated rings. The molecule has 0 aromatic rings. The zero-order valence-corrected chi connectivity index (χ0v) is 10.9. The average molecular weight is 380 g/mol. The molecule has 0 atom stereocenters.